The minimum atomic E-state index is 0.190. The number of thioether (sulfide) groups is 1. The Morgan fingerprint density at radius 3 is 2.81 bits per heavy atom. The number of rotatable bonds is 3. The summed E-state index contributed by atoms with van der Waals surface area (Å²) in [6, 6.07) is 0.190. The molecule has 3 atom stereocenters. The highest BCUT2D eigenvalue weighted by molar-refractivity contribution is 7.99. The van der Waals surface area contributed by atoms with E-state index < -0.39 is 0 Å². The first-order valence-electron chi connectivity index (χ1n) is 5.86. The second kappa shape index (κ2) is 5.36. The number of amides is 1. The molecule has 5 heteroatoms. The Kier molecular flexibility index (Phi) is 4.08. The van der Waals surface area contributed by atoms with E-state index in [4.69, 9.17) is 18.0 Å². The Hall–Kier alpha value is -0.290. The molecule has 0 aromatic rings. The molecule has 16 heavy (non-hydrogen) atoms. The number of hydrogen-bond acceptors (Lipinski definition) is 3. The van der Waals surface area contributed by atoms with Gasteiger partial charge in [0.2, 0.25) is 5.91 Å². The number of hydrogen-bond donors (Lipinski definition) is 2. The molecule has 2 rings (SSSR count). The fourth-order valence-corrected chi connectivity index (χ4v) is 4.02. The van der Waals surface area contributed by atoms with Crippen molar-refractivity contribution in [2.45, 2.75) is 31.7 Å². The minimum absolute atomic E-state index is 0.190. The van der Waals surface area contributed by atoms with Crippen LogP contribution in [0.15, 0.2) is 0 Å². The molecule has 2 aliphatic rings. The summed E-state index contributed by atoms with van der Waals surface area (Å²) in [5.74, 6) is 2.71. The van der Waals surface area contributed by atoms with Crippen LogP contribution in [-0.2, 0) is 4.79 Å². The van der Waals surface area contributed by atoms with Crippen LogP contribution in [0.3, 0.4) is 0 Å². The summed E-state index contributed by atoms with van der Waals surface area (Å²) >= 11 is 6.91. The zero-order valence-corrected chi connectivity index (χ0v) is 10.9. The molecule has 1 heterocycles. The maximum atomic E-state index is 12.0. The Bertz CT molecular complexity index is 290. The molecular formula is C11H18N2OS2. The Morgan fingerprint density at radius 2 is 2.19 bits per heavy atom. The second-order valence-electron chi connectivity index (χ2n) is 4.62. The standard InChI is InChI=1S/C11H18N2OS2/c12-10(15)8-2-1-3-9(8)13-11(14)7-4-5-16-6-7/h7-9H,1-6H2,(H2,12,15)(H,13,14). The summed E-state index contributed by atoms with van der Waals surface area (Å²) < 4.78 is 0. The van der Waals surface area contributed by atoms with Gasteiger partial charge in [-0.2, -0.15) is 11.8 Å². The smallest absolute Gasteiger partial charge is 0.224 e. The van der Waals surface area contributed by atoms with E-state index in [0.717, 1.165) is 37.2 Å². The van der Waals surface area contributed by atoms with E-state index in [1.807, 2.05) is 11.8 Å². The van der Waals surface area contributed by atoms with Gasteiger partial charge in [0.15, 0.2) is 0 Å². The normalized spacial score (nSPS) is 33.9. The van der Waals surface area contributed by atoms with Gasteiger partial charge in [-0.25, -0.2) is 0 Å². The maximum Gasteiger partial charge on any atom is 0.224 e. The zero-order chi connectivity index (χ0) is 11.5. The molecule has 0 aromatic heterocycles. The highest BCUT2D eigenvalue weighted by atomic mass is 32.2. The van der Waals surface area contributed by atoms with Crippen molar-refractivity contribution in [3.05, 3.63) is 0 Å². The zero-order valence-electron chi connectivity index (χ0n) is 9.28. The highest BCUT2D eigenvalue weighted by Gasteiger charge is 2.32. The summed E-state index contributed by atoms with van der Waals surface area (Å²) in [5.41, 5.74) is 5.69. The molecule has 0 spiro atoms. The van der Waals surface area contributed by atoms with Crippen molar-refractivity contribution in [1.29, 1.82) is 0 Å². The number of carbonyl (C=O) groups excluding carboxylic acids is 1. The Balaban J connectivity index is 1.88. The fourth-order valence-electron chi connectivity index (χ4n) is 2.52. The van der Waals surface area contributed by atoms with E-state index in [0.29, 0.717) is 4.99 Å². The van der Waals surface area contributed by atoms with Crippen LogP contribution in [0.1, 0.15) is 25.7 Å². The van der Waals surface area contributed by atoms with Crippen molar-refractivity contribution in [2.24, 2.45) is 17.6 Å². The molecule has 0 aromatic carbocycles. The van der Waals surface area contributed by atoms with E-state index in [1.54, 1.807) is 0 Å². The molecule has 3 N–H and O–H groups in total. The van der Waals surface area contributed by atoms with Gasteiger partial charge in [0.25, 0.3) is 0 Å². The van der Waals surface area contributed by atoms with Crippen LogP contribution in [0.4, 0.5) is 0 Å². The SMILES string of the molecule is NC(=S)C1CCCC1NC(=O)C1CCSC1. The second-order valence-corrected chi connectivity index (χ2v) is 6.24. The van der Waals surface area contributed by atoms with E-state index in [2.05, 4.69) is 5.32 Å². The summed E-state index contributed by atoms with van der Waals surface area (Å²) in [4.78, 5) is 12.5. The molecule has 1 aliphatic heterocycles. The van der Waals surface area contributed by atoms with E-state index >= 15 is 0 Å². The van der Waals surface area contributed by atoms with Gasteiger partial charge < -0.3 is 11.1 Å². The Morgan fingerprint density at radius 1 is 1.38 bits per heavy atom. The molecule has 1 saturated heterocycles. The third kappa shape index (κ3) is 2.69. The number of thiocarbonyl (C=S) groups is 1. The van der Waals surface area contributed by atoms with E-state index in [-0.39, 0.29) is 23.8 Å². The van der Waals surface area contributed by atoms with Crippen molar-refractivity contribution in [2.75, 3.05) is 11.5 Å². The molecule has 3 unspecified atom stereocenters. The molecular weight excluding hydrogens is 240 g/mol. The topological polar surface area (TPSA) is 55.1 Å². The molecule has 3 nitrogen and oxygen atoms in total. The largest absolute Gasteiger partial charge is 0.393 e. The highest BCUT2D eigenvalue weighted by Crippen LogP contribution is 2.28. The third-order valence-corrected chi connectivity index (χ3v) is 4.97. The monoisotopic (exact) mass is 258 g/mol. The van der Waals surface area contributed by atoms with Gasteiger partial charge in [-0.15, -0.1) is 0 Å². The predicted molar refractivity (Wildman–Crippen MR) is 71.5 cm³/mol. The van der Waals surface area contributed by atoms with Crippen molar-refractivity contribution in [1.82, 2.24) is 5.32 Å². The maximum absolute atomic E-state index is 12.0. The first-order valence-corrected chi connectivity index (χ1v) is 7.42. The van der Waals surface area contributed by atoms with Crippen LogP contribution in [0.5, 0.6) is 0 Å². The van der Waals surface area contributed by atoms with Gasteiger partial charge in [-0.3, -0.25) is 4.79 Å². The van der Waals surface area contributed by atoms with Gasteiger partial charge in [-0.05, 0) is 25.0 Å². The summed E-state index contributed by atoms with van der Waals surface area (Å²) in [6.07, 6.45) is 4.18. The van der Waals surface area contributed by atoms with Crippen LogP contribution in [0.25, 0.3) is 0 Å². The molecule has 0 radical (unpaired) electrons. The minimum Gasteiger partial charge on any atom is -0.393 e. The Labute approximate surface area is 106 Å². The first-order chi connectivity index (χ1) is 7.68. The fraction of sp³-hybridized carbons (Fsp3) is 0.818. The van der Waals surface area contributed by atoms with Gasteiger partial charge >= 0.3 is 0 Å². The van der Waals surface area contributed by atoms with Gasteiger partial charge in [0.05, 0.1) is 4.99 Å². The lowest BCUT2D eigenvalue weighted by Gasteiger charge is -2.21. The van der Waals surface area contributed by atoms with Crippen molar-refractivity contribution in [3.63, 3.8) is 0 Å². The average Bonchev–Trinajstić information content (AvgIpc) is 2.86. The molecule has 0 bridgehead atoms. The first kappa shape index (κ1) is 12.2. The molecule has 90 valence electrons. The molecule has 1 amide bonds. The van der Waals surface area contributed by atoms with Crippen molar-refractivity contribution in [3.8, 4) is 0 Å². The number of nitrogens with one attached hydrogen (secondary N) is 1. The summed E-state index contributed by atoms with van der Waals surface area (Å²) in [6.45, 7) is 0. The lowest BCUT2D eigenvalue weighted by molar-refractivity contribution is -0.125. The van der Waals surface area contributed by atoms with Crippen LogP contribution < -0.4 is 11.1 Å². The van der Waals surface area contributed by atoms with Gasteiger partial charge in [-0.1, -0.05) is 18.6 Å². The summed E-state index contributed by atoms with van der Waals surface area (Å²) in [5, 5.41) is 3.13. The molecule has 1 aliphatic carbocycles. The predicted octanol–water partition coefficient (Wildman–Crippen LogP) is 1.31. The average molecular weight is 258 g/mol. The lowest BCUT2D eigenvalue weighted by Crippen LogP contribution is -2.44. The van der Waals surface area contributed by atoms with Crippen molar-refractivity contribution >= 4 is 34.9 Å². The van der Waals surface area contributed by atoms with Crippen molar-refractivity contribution < 1.29 is 4.79 Å². The van der Waals surface area contributed by atoms with Gasteiger partial charge in [0, 0.05) is 23.6 Å². The van der Waals surface area contributed by atoms with E-state index in [9.17, 15) is 4.79 Å². The number of nitrogens with two attached hydrogens (primary N) is 1. The van der Waals surface area contributed by atoms with Crippen LogP contribution in [-0.4, -0.2) is 28.4 Å². The van der Waals surface area contributed by atoms with Crippen LogP contribution >= 0.6 is 24.0 Å². The summed E-state index contributed by atoms with van der Waals surface area (Å²) in [7, 11) is 0. The third-order valence-electron chi connectivity index (χ3n) is 3.51. The lowest BCUT2D eigenvalue weighted by atomic mass is 10.0. The molecule has 2 fully saturated rings. The van der Waals surface area contributed by atoms with E-state index in [1.165, 1.54) is 0 Å². The molecule has 1 saturated carbocycles. The van der Waals surface area contributed by atoms with Gasteiger partial charge in [0.1, 0.15) is 0 Å². The van der Waals surface area contributed by atoms with Crippen LogP contribution in [0.2, 0.25) is 0 Å². The van der Waals surface area contributed by atoms with Crippen LogP contribution in [0, 0.1) is 11.8 Å². The number of carbonyl (C=O) groups is 1. The quantitative estimate of drug-likeness (QED) is 0.750.